The number of hydrogen-bond acceptors (Lipinski definition) is 4. The normalized spacial score (nSPS) is 22.1. The van der Waals surface area contributed by atoms with E-state index in [-0.39, 0.29) is 6.04 Å². The first-order chi connectivity index (χ1) is 5.75. The van der Waals surface area contributed by atoms with Gasteiger partial charge in [-0.3, -0.25) is 9.67 Å². The van der Waals surface area contributed by atoms with Crippen LogP contribution in [0.25, 0.3) is 0 Å². The fraction of sp³-hybridized carbons (Fsp3) is 0.429. The third-order valence-electron chi connectivity index (χ3n) is 1.89. The van der Waals surface area contributed by atoms with Gasteiger partial charge in [-0.15, -0.1) is 0 Å². The molecule has 1 aromatic heterocycles. The van der Waals surface area contributed by atoms with Crippen molar-refractivity contribution in [3.05, 3.63) is 18.0 Å². The molecule has 0 bridgehead atoms. The van der Waals surface area contributed by atoms with E-state index in [0.29, 0.717) is 12.5 Å². The monoisotopic (exact) mass is 165 g/mol. The Morgan fingerprint density at radius 1 is 1.75 bits per heavy atom. The summed E-state index contributed by atoms with van der Waals surface area (Å²) in [5.74, 6) is 0.517. The Kier molecular flexibility index (Phi) is 1.49. The van der Waals surface area contributed by atoms with E-state index in [0.717, 1.165) is 5.56 Å². The minimum Gasteiger partial charge on any atom is -0.370 e. The van der Waals surface area contributed by atoms with E-state index in [1.807, 2.05) is 19.4 Å². The molecule has 1 unspecified atom stereocenters. The predicted molar refractivity (Wildman–Crippen MR) is 45.6 cm³/mol. The van der Waals surface area contributed by atoms with Gasteiger partial charge in [-0.1, -0.05) is 0 Å². The Labute approximate surface area is 70.3 Å². The highest BCUT2D eigenvalue weighted by molar-refractivity contribution is 5.80. The lowest BCUT2D eigenvalue weighted by molar-refractivity contribution is 0.704. The van der Waals surface area contributed by atoms with Crippen molar-refractivity contribution in [1.82, 2.24) is 15.1 Å². The number of guanidine groups is 1. The molecule has 1 aliphatic heterocycles. The summed E-state index contributed by atoms with van der Waals surface area (Å²) < 4.78 is 1.77. The van der Waals surface area contributed by atoms with Crippen molar-refractivity contribution in [1.29, 1.82) is 0 Å². The minimum absolute atomic E-state index is 0.207. The molecule has 1 atom stereocenters. The number of aryl methyl sites for hydroxylation is 1. The van der Waals surface area contributed by atoms with Gasteiger partial charge in [0, 0.05) is 18.8 Å². The van der Waals surface area contributed by atoms with Crippen molar-refractivity contribution >= 4 is 5.96 Å². The smallest absolute Gasteiger partial charge is 0.189 e. The van der Waals surface area contributed by atoms with Crippen LogP contribution in [0.2, 0.25) is 0 Å². The molecule has 1 aromatic rings. The number of hydrogen-bond donors (Lipinski definition) is 2. The molecule has 0 aliphatic carbocycles. The van der Waals surface area contributed by atoms with Gasteiger partial charge in [0.1, 0.15) is 0 Å². The van der Waals surface area contributed by atoms with Crippen LogP contribution in [0.5, 0.6) is 0 Å². The van der Waals surface area contributed by atoms with Crippen LogP contribution in [0.4, 0.5) is 0 Å². The van der Waals surface area contributed by atoms with Crippen LogP contribution in [0, 0.1) is 0 Å². The van der Waals surface area contributed by atoms with E-state index in [2.05, 4.69) is 15.4 Å². The van der Waals surface area contributed by atoms with Gasteiger partial charge in [-0.25, -0.2) is 0 Å². The summed E-state index contributed by atoms with van der Waals surface area (Å²) in [5, 5.41) is 7.13. The van der Waals surface area contributed by atoms with Crippen LogP contribution in [0.1, 0.15) is 11.6 Å². The van der Waals surface area contributed by atoms with E-state index in [4.69, 9.17) is 5.73 Å². The highest BCUT2D eigenvalue weighted by Crippen LogP contribution is 2.14. The summed E-state index contributed by atoms with van der Waals surface area (Å²) >= 11 is 0. The second-order valence-corrected chi connectivity index (χ2v) is 2.87. The maximum absolute atomic E-state index is 5.48. The summed E-state index contributed by atoms with van der Waals surface area (Å²) in [4.78, 5) is 4.05. The molecule has 0 spiro atoms. The Hall–Kier alpha value is -1.52. The SMILES string of the molecule is Cn1cc(C2CN=C(N)N2)cn1. The number of aromatic nitrogens is 2. The van der Waals surface area contributed by atoms with E-state index < -0.39 is 0 Å². The first-order valence-corrected chi connectivity index (χ1v) is 3.81. The first-order valence-electron chi connectivity index (χ1n) is 3.81. The molecule has 64 valence electrons. The zero-order chi connectivity index (χ0) is 8.55. The van der Waals surface area contributed by atoms with Gasteiger partial charge >= 0.3 is 0 Å². The topological polar surface area (TPSA) is 68.2 Å². The van der Waals surface area contributed by atoms with Crippen molar-refractivity contribution < 1.29 is 0 Å². The highest BCUT2D eigenvalue weighted by atomic mass is 15.2. The van der Waals surface area contributed by atoms with Gasteiger partial charge in [0.25, 0.3) is 0 Å². The van der Waals surface area contributed by atoms with E-state index >= 15 is 0 Å². The van der Waals surface area contributed by atoms with Crippen LogP contribution >= 0.6 is 0 Å². The van der Waals surface area contributed by atoms with Gasteiger partial charge in [0.05, 0.1) is 18.8 Å². The average Bonchev–Trinajstić information content (AvgIpc) is 2.58. The number of nitrogens with one attached hydrogen (secondary N) is 1. The molecule has 5 nitrogen and oxygen atoms in total. The van der Waals surface area contributed by atoms with Crippen LogP contribution in [0.3, 0.4) is 0 Å². The number of nitrogens with two attached hydrogens (primary N) is 1. The molecule has 5 heteroatoms. The number of aliphatic imine (C=N–C) groups is 1. The maximum Gasteiger partial charge on any atom is 0.189 e. The van der Waals surface area contributed by atoms with Crippen molar-refractivity contribution in [2.45, 2.75) is 6.04 Å². The van der Waals surface area contributed by atoms with Crippen LogP contribution in [0.15, 0.2) is 17.4 Å². The zero-order valence-corrected chi connectivity index (χ0v) is 6.86. The fourth-order valence-corrected chi connectivity index (χ4v) is 1.27. The van der Waals surface area contributed by atoms with E-state index in [1.165, 1.54) is 0 Å². The second kappa shape index (κ2) is 2.51. The number of nitrogens with zero attached hydrogens (tertiary/aromatic N) is 3. The Balaban J connectivity index is 2.13. The van der Waals surface area contributed by atoms with Gasteiger partial charge in [0.15, 0.2) is 5.96 Å². The first kappa shape index (κ1) is 7.15. The lowest BCUT2D eigenvalue weighted by Gasteiger charge is -2.06. The molecule has 12 heavy (non-hydrogen) atoms. The second-order valence-electron chi connectivity index (χ2n) is 2.87. The molecule has 0 fully saturated rings. The van der Waals surface area contributed by atoms with Crippen molar-refractivity contribution in [2.75, 3.05) is 6.54 Å². The van der Waals surface area contributed by atoms with Crippen molar-refractivity contribution in [2.24, 2.45) is 17.8 Å². The summed E-state index contributed by atoms with van der Waals surface area (Å²) in [6.45, 7) is 0.706. The molecule has 0 saturated heterocycles. The van der Waals surface area contributed by atoms with Crippen molar-refractivity contribution in [3.8, 4) is 0 Å². The minimum atomic E-state index is 0.207. The largest absolute Gasteiger partial charge is 0.370 e. The third-order valence-corrected chi connectivity index (χ3v) is 1.89. The standard InChI is InChI=1S/C7H11N5/c1-12-4-5(2-10-12)6-3-9-7(8)11-6/h2,4,6H,3H2,1H3,(H3,8,9,11). The molecule has 0 aromatic carbocycles. The fourth-order valence-electron chi connectivity index (χ4n) is 1.27. The molecular formula is C7H11N5. The highest BCUT2D eigenvalue weighted by Gasteiger charge is 2.17. The lowest BCUT2D eigenvalue weighted by Crippen LogP contribution is -2.29. The van der Waals surface area contributed by atoms with Crippen molar-refractivity contribution in [3.63, 3.8) is 0 Å². The summed E-state index contributed by atoms with van der Waals surface area (Å²) in [6, 6.07) is 0.207. The molecule has 2 heterocycles. The predicted octanol–water partition coefficient (Wildman–Crippen LogP) is -0.621. The third kappa shape index (κ3) is 1.13. The molecular weight excluding hydrogens is 154 g/mol. The maximum atomic E-state index is 5.48. The molecule has 3 N–H and O–H groups in total. The van der Waals surface area contributed by atoms with Gasteiger partial charge in [-0.05, 0) is 0 Å². The molecule has 0 saturated carbocycles. The Morgan fingerprint density at radius 3 is 3.08 bits per heavy atom. The van der Waals surface area contributed by atoms with E-state index in [1.54, 1.807) is 4.68 Å². The Morgan fingerprint density at radius 2 is 2.58 bits per heavy atom. The molecule has 0 radical (unpaired) electrons. The van der Waals surface area contributed by atoms with Crippen LogP contribution < -0.4 is 11.1 Å². The van der Waals surface area contributed by atoms with E-state index in [9.17, 15) is 0 Å². The average molecular weight is 165 g/mol. The van der Waals surface area contributed by atoms with Gasteiger partial charge in [-0.2, -0.15) is 5.10 Å². The van der Waals surface area contributed by atoms with Crippen LogP contribution in [-0.2, 0) is 7.05 Å². The number of rotatable bonds is 1. The zero-order valence-electron chi connectivity index (χ0n) is 6.86. The van der Waals surface area contributed by atoms with Crippen LogP contribution in [-0.4, -0.2) is 22.3 Å². The van der Waals surface area contributed by atoms with Gasteiger partial charge < -0.3 is 11.1 Å². The Bertz CT molecular complexity index is 313. The van der Waals surface area contributed by atoms with Gasteiger partial charge in [0.2, 0.25) is 0 Å². The summed E-state index contributed by atoms with van der Waals surface area (Å²) in [5.41, 5.74) is 6.61. The quantitative estimate of drug-likeness (QED) is 0.582. The summed E-state index contributed by atoms with van der Waals surface area (Å²) in [7, 11) is 1.89. The molecule has 2 rings (SSSR count). The molecule has 0 amide bonds. The summed E-state index contributed by atoms with van der Waals surface area (Å²) in [6.07, 6.45) is 3.79. The lowest BCUT2D eigenvalue weighted by atomic mass is 10.2. The molecule has 1 aliphatic rings.